The summed E-state index contributed by atoms with van der Waals surface area (Å²) in [7, 11) is 0. The van der Waals surface area contributed by atoms with E-state index in [-0.39, 0.29) is 5.91 Å². The van der Waals surface area contributed by atoms with Crippen LogP contribution in [-0.2, 0) is 6.61 Å². The number of halogens is 1. The van der Waals surface area contributed by atoms with E-state index in [1.54, 1.807) is 6.07 Å². The van der Waals surface area contributed by atoms with Crippen LogP contribution in [0.1, 0.15) is 28.5 Å². The van der Waals surface area contributed by atoms with Gasteiger partial charge >= 0.3 is 0 Å². The molecule has 0 unspecified atom stereocenters. The first-order valence-electron chi connectivity index (χ1n) is 11.4. The summed E-state index contributed by atoms with van der Waals surface area (Å²) in [5.74, 6) is 0.347. The Labute approximate surface area is 213 Å². The highest BCUT2D eigenvalue weighted by atomic mass is 35.5. The summed E-state index contributed by atoms with van der Waals surface area (Å²) in [6, 6.07) is 31.0. The van der Waals surface area contributed by atoms with E-state index in [0.29, 0.717) is 34.5 Å². The van der Waals surface area contributed by atoms with Crippen LogP contribution in [0.3, 0.4) is 0 Å². The Bertz CT molecular complexity index is 1560. The van der Waals surface area contributed by atoms with Gasteiger partial charge < -0.3 is 4.74 Å². The first kappa shape index (κ1) is 23.3. The van der Waals surface area contributed by atoms with Gasteiger partial charge in [0.05, 0.1) is 11.4 Å². The standard InChI is InChI=1S/C29H23ClN4O2/c1-19(22-11-10-20-6-2-3-7-23(20)16-22)31-34-29(35)28-17-27(32-33-28)21-12-14-25(15-13-21)36-18-24-8-4-5-9-26(24)30/h2-17H,18H2,1H3,(H,32,33)(H,34,35)/b31-19+. The van der Waals surface area contributed by atoms with Crippen LogP contribution < -0.4 is 10.2 Å². The van der Waals surface area contributed by atoms with Crippen LogP contribution in [0.25, 0.3) is 22.0 Å². The number of hydrazone groups is 1. The number of ether oxygens (including phenoxy) is 1. The molecule has 2 N–H and O–H groups in total. The molecule has 1 amide bonds. The number of nitrogens with one attached hydrogen (secondary N) is 2. The van der Waals surface area contributed by atoms with Gasteiger partial charge in [-0.1, -0.05) is 66.2 Å². The molecule has 36 heavy (non-hydrogen) atoms. The van der Waals surface area contributed by atoms with Gasteiger partial charge in [-0.3, -0.25) is 9.89 Å². The number of hydrogen-bond donors (Lipinski definition) is 2. The molecular weight excluding hydrogens is 472 g/mol. The van der Waals surface area contributed by atoms with Crippen molar-refractivity contribution in [2.75, 3.05) is 0 Å². The number of carbonyl (C=O) groups is 1. The molecule has 0 saturated carbocycles. The minimum Gasteiger partial charge on any atom is -0.489 e. The van der Waals surface area contributed by atoms with Crippen LogP contribution in [0.4, 0.5) is 0 Å². The summed E-state index contributed by atoms with van der Waals surface area (Å²) < 4.78 is 5.83. The fourth-order valence-corrected chi connectivity index (χ4v) is 3.95. The lowest BCUT2D eigenvalue weighted by Gasteiger charge is -2.08. The Hall–Kier alpha value is -4.42. The Kier molecular flexibility index (Phi) is 6.78. The third kappa shape index (κ3) is 5.29. The predicted molar refractivity (Wildman–Crippen MR) is 143 cm³/mol. The van der Waals surface area contributed by atoms with E-state index in [9.17, 15) is 4.79 Å². The summed E-state index contributed by atoms with van der Waals surface area (Å²) in [6.45, 7) is 2.24. The summed E-state index contributed by atoms with van der Waals surface area (Å²) in [4.78, 5) is 12.6. The van der Waals surface area contributed by atoms with Crippen LogP contribution in [0.5, 0.6) is 5.75 Å². The Morgan fingerprint density at radius 3 is 2.50 bits per heavy atom. The predicted octanol–water partition coefficient (Wildman–Crippen LogP) is 6.62. The molecule has 0 spiro atoms. The molecule has 1 aromatic heterocycles. The molecule has 0 saturated heterocycles. The fourth-order valence-electron chi connectivity index (χ4n) is 3.76. The lowest BCUT2D eigenvalue weighted by atomic mass is 10.0. The van der Waals surface area contributed by atoms with Crippen molar-refractivity contribution >= 4 is 34.0 Å². The third-order valence-electron chi connectivity index (χ3n) is 5.82. The zero-order valence-electron chi connectivity index (χ0n) is 19.5. The van der Waals surface area contributed by atoms with Crippen molar-refractivity contribution in [3.63, 3.8) is 0 Å². The van der Waals surface area contributed by atoms with Gasteiger partial charge in [0.2, 0.25) is 0 Å². The number of carbonyl (C=O) groups excluding carboxylic acids is 1. The molecular formula is C29H23ClN4O2. The molecule has 1 heterocycles. The first-order valence-corrected chi connectivity index (χ1v) is 11.8. The second kappa shape index (κ2) is 10.5. The number of hydrogen-bond acceptors (Lipinski definition) is 4. The monoisotopic (exact) mass is 494 g/mol. The second-order valence-corrected chi connectivity index (χ2v) is 8.68. The van der Waals surface area contributed by atoms with E-state index in [0.717, 1.165) is 27.5 Å². The molecule has 0 bridgehead atoms. The molecule has 178 valence electrons. The van der Waals surface area contributed by atoms with Gasteiger partial charge in [0, 0.05) is 16.1 Å². The van der Waals surface area contributed by atoms with Crippen molar-refractivity contribution in [2.24, 2.45) is 5.10 Å². The quantitative estimate of drug-likeness (QED) is 0.197. The van der Waals surface area contributed by atoms with Crippen LogP contribution in [0.2, 0.25) is 5.02 Å². The Morgan fingerprint density at radius 1 is 0.944 bits per heavy atom. The van der Waals surface area contributed by atoms with Crippen molar-refractivity contribution in [3.05, 3.63) is 119 Å². The fraction of sp³-hybridized carbons (Fsp3) is 0.0690. The van der Waals surface area contributed by atoms with E-state index in [1.807, 2.05) is 85.8 Å². The number of H-pyrrole nitrogens is 1. The summed E-state index contributed by atoms with van der Waals surface area (Å²) >= 11 is 6.18. The van der Waals surface area contributed by atoms with Crippen molar-refractivity contribution in [2.45, 2.75) is 13.5 Å². The number of fused-ring (bicyclic) bond motifs is 1. The molecule has 5 rings (SSSR count). The number of amides is 1. The molecule has 0 aliphatic rings. The number of aromatic amines is 1. The lowest BCUT2D eigenvalue weighted by Crippen LogP contribution is -2.19. The average Bonchev–Trinajstić information content (AvgIpc) is 3.42. The maximum Gasteiger partial charge on any atom is 0.289 e. The summed E-state index contributed by atoms with van der Waals surface area (Å²) in [5, 5.41) is 14.3. The highest BCUT2D eigenvalue weighted by molar-refractivity contribution is 6.31. The van der Waals surface area contributed by atoms with Gasteiger partial charge in [-0.2, -0.15) is 10.2 Å². The van der Waals surface area contributed by atoms with Crippen molar-refractivity contribution < 1.29 is 9.53 Å². The number of nitrogens with zero attached hydrogens (tertiary/aromatic N) is 2. The van der Waals surface area contributed by atoms with Crippen LogP contribution >= 0.6 is 11.6 Å². The normalized spacial score (nSPS) is 11.4. The van der Waals surface area contributed by atoms with Crippen molar-refractivity contribution in [1.82, 2.24) is 15.6 Å². The molecule has 4 aromatic carbocycles. The molecule has 0 atom stereocenters. The summed E-state index contributed by atoms with van der Waals surface area (Å²) in [5.41, 5.74) is 6.99. The SMILES string of the molecule is C/C(=N\NC(=O)c1cc(-c2ccc(OCc3ccccc3Cl)cc2)n[nH]1)c1ccc2ccccc2c1. The summed E-state index contributed by atoms with van der Waals surface area (Å²) in [6.07, 6.45) is 0. The highest BCUT2D eigenvalue weighted by Crippen LogP contribution is 2.23. The van der Waals surface area contributed by atoms with Gasteiger partial charge in [0.1, 0.15) is 18.1 Å². The molecule has 0 aliphatic carbocycles. The van der Waals surface area contributed by atoms with Gasteiger partial charge in [0.15, 0.2) is 0 Å². The molecule has 0 aliphatic heterocycles. The van der Waals surface area contributed by atoms with Crippen LogP contribution in [-0.4, -0.2) is 21.8 Å². The maximum absolute atomic E-state index is 12.6. The number of rotatable bonds is 7. The number of benzene rings is 4. The minimum absolute atomic E-state index is 0.319. The lowest BCUT2D eigenvalue weighted by molar-refractivity contribution is 0.0950. The van der Waals surface area contributed by atoms with Crippen LogP contribution in [0.15, 0.2) is 102 Å². The largest absolute Gasteiger partial charge is 0.489 e. The van der Waals surface area contributed by atoms with Crippen LogP contribution in [0, 0.1) is 0 Å². The van der Waals surface area contributed by atoms with E-state index in [2.05, 4.69) is 32.9 Å². The molecule has 5 aromatic rings. The van der Waals surface area contributed by atoms with Crippen molar-refractivity contribution in [1.29, 1.82) is 0 Å². The number of aromatic nitrogens is 2. The Morgan fingerprint density at radius 2 is 1.69 bits per heavy atom. The van der Waals surface area contributed by atoms with Crippen molar-refractivity contribution in [3.8, 4) is 17.0 Å². The van der Waals surface area contributed by atoms with E-state index in [4.69, 9.17) is 16.3 Å². The van der Waals surface area contributed by atoms with E-state index >= 15 is 0 Å². The zero-order chi connectivity index (χ0) is 24.9. The van der Waals surface area contributed by atoms with Gasteiger partial charge in [-0.15, -0.1) is 0 Å². The third-order valence-corrected chi connectivity index (χ3v) is 6.19. The smallest absolute Gasteiger partial charge is 0.289 e. The molecule has 0 fully saturated rings. The molecule has 7 heteroatoms. The molecule has 6 nitrogen and oxygen atoms in total. The van der Waals surface area contributed by atoms with Gasteiger partial charge in [0.25, 0.3) is 5.91 Å². The first-order chi connectivity index (χ1) is 17.6. The average molecular weight is 495 g/mol. The molecule has 0 radical (unpaired) electrons. The second-order valence-electron chi connectivity index (χ2n) is 8.27. The van der Waals surface area contributed by atoms with Gasteiger partial charge in [-0.25, -0.2) is 5.43 Å². The van der Waals surface area contributed by atoms with Gasteiger partial charge in [-0.05, 0) is 65.7 Å². The minimum atomic E-state index is -0.367. The maximum atomic E-state index is 12.6. The topological polar surface area (TPSA) is 79.4 Å². The van der Waals surface area contributed by atoms with E-state index in [1.165, 1.54) is 0 Å². The highest BCUT2D eigenvalue weighted by Gasteiger charge is 2.11. The zero-order valence-corrected chi connectivity index (χ0v) is 20.3. The van der Waals surface area contributed by atoms with E-state index < -0.39 is 0 Å². The Balaban J connectivity index is 1.21.